The standard InChI is InChI=1S/C21H20N2O6S/c1-27-20-5-3-2-4-18(20)19-12-16(29-22-19)13-28-21(24)14-6-10-17(11-7-14)30(25,26)23-15-8-9-15/h2-7,10-12,15,23H,8-9,13H2,1H3. The van der Waals surface area contributed by atoms with Crippen LogP contribution in [0.5, 0.6) is 5.75 Å². The van der Waals surface area contributed by atoms with Gasteiger partial charge in [-0.1, -0.05) is 17.3 Å². The first-order valence-electron chi connectivity index (χ1n) is 9.35. The monoisotopic (exact) mass is 428 g/mol. The number of aromatic nitrogens is 1. The van der Waals surface area contributed by atoms with Gasteiger partial charge in [0, 0.05) is 17.7 Å². The van der Waals surface area contributed by atoms with Gasteiger partial charge >= 0.3 is 5.97 Å². The van der Waals surface area contributed by atoms with Crippen molar-refractivity contribution in [2.45, 2.75) is 30.4 Å². The van der Waals surface area contributed by atoms with Gasteiger partial charge < -0.3 is 14.0 Å². The van der Waals surface area contributed by atoms with Gasteiger partial charge in [0.2, 0.25) is 10.0 Å². The van der Waals surface area contributed by atoms with E-state index in [1.165, 1.54) is 24.3 Å². The number of nitrogens with one attached hydrogen (secondary N) is 1. The molecule has 156 valence electrons. The van der Waals surface area contributed by atoms with Crippen LogP contribution in [0.15, 0.2) is 64.0 Å². The van der Waals surface area contributed by atoms with Crippen LogP contribution in [0.1, 0.15) is 29.0 Å². The summed E-state index contributed by atoms with van der Waals surface area (Å²) in [5.41, 5.74) is 1.57. The molecular weight excluding hydrogens is 408 g/mol. The van der Waals surface area contributed by atoms with Gasteiger partial charge in [0.05, 0.1) is 17.6 Å². The topological polar surface area (TPSA) is 108 Å². The average molecular weight is 428 g/mol. The van der Waals surface area contributed by atoms with Gasteiger partial charge in [0.25, 0.3) is 0 Å². The minimum absolute atomic E-state index is 0.0160. The molecule has 0 amide bonds. The fourth-order valence-corrected chi connectivity index (χ4v) is 4.15. The lowest BCUT2D eigenvalue weighted by Gasteiger charge is -2.06. The zero-order valence-corrected chi connectivity index (χ0v) is 17.0. The molecule has 30 heavy (non-hydrogen) atoms. The van der Waals surface area contributed by atoms with Crippen LogP contribution in [0.3, 0.4) is 0 Å². The number of hydrogen-bond donors (Lipinski definition) is 1. The SMILES string of the molecule is COc1ccccc1-c1cc(COC(=O)c2ccc(S(=O)(=O)NC3CC3)cc2)on1. The molecule has 0 saturated heterocycles. The van der Waals surface area contributed by atoms with Crippen LogP contribution in [0, 0.1) is 0 Å². The molecule has 0 aliphatic heterocycles. The van der Waals surface area contributed by atoms with Crippen LogP contribution >= 0.6 is 0 Å². The van der Waals surface area contributed by atoms with Crippen LogP contribution in [0.2, 0.25) is 0 Å². The molecule has 8 nitrogen and oxygen atoms in total. The number of hydrogen-bond acceptors (Lipinski definition) is 7. The molecule has 1 fully saturated rings. The molecule has 0 unspecified atom stereocenters. The van der Waals surface area contributed by atoms with E-state index < -0.39 is 16.0 Å². The molecular formula is C21H20N2O6S. The maximum Gasteiger partial charge on any atom is 0.338 e. The van der Waals surface area contributed by atoms with E-state index in [-0.39, 0.29) is 23.1 Å². The minimum atomic E-state index is -3.56. The van der Waals surface area contributed by atoms with E-state index in [2.05, 4.69) is 9.88 Å². The van der Waals surface area contributed by atoms with Crippen molar-refractivity contribution in [2.24, 2.45) is 0 Å². The Hall–Kier alpha value is -3.17. The number of methoxy groups -OCH3 is 1. The van der Waals surface area contributed by atoms with E-state index in [1.807, 2.05) is 24.3 Å². The van der Waals surface area contributed by atoms with Crippen molar-refractivity contribution in [3.63, 3.8) is 0 Å². The van der Waals surface area contributed by atoms with E-state index in [0.717, 1.165) is 18.4 Å². The molecule has 0 atom stereocenters. The summed E-state index contributed by atoms with van der Waals surface area (Å²) in [6.45, 7) is -0.107. The fraction of sp³-hybridized carbons (Fsp3) is 0.238. The lowest BCUT2D eigenvalue weighted by molar-refractivity contribution is 0.0437. The fourth-order valence-electron chi connectivity index (χ4n) is 2.84. The van der Waals surface area contributed by atoms with Gasteiger partial charge in [0.15, 0.2) is 12.4 Å². The summed E-state index contributed by atoms with van der Waals surface area (Å²) in [4.78, 5) is 12.4. The van der Waals surface area contributed by atoms with Crippen molar-refractivity contribution >= 4 is 16.0 Å². The van der Waals surface area contributed by atoms with Gasteiger partial charge in [-0.05, 0) is 49.2 Å². The Morgan fingerprint density at radius 1 is 1.17 bits per heavy atom. The molecule has 3 aromatic rings. The summed E-state index contributed by atoms with van der Waals surface area (Å²) in [5.74, 6) is 0.432. The lowest BCUT2D eigenvalue weighted by Crippen LogP contribution is -2.25. The third-order valence-electron chi connectivity index (χ3n) is 4.59. The van der Waals surface area contributed by atoms with Gasteiger partial charge in [-0.3, -0.25) is 0 Å². The highest BCUT2D eigenvalue weighted by atomic mass is 32.2. The normalized spacial score (nSPS) is 13.8. The first kappa shape index (κ1) is 20.1. The Kier molecular flexibility index (Phi) is 5.56. The first-order valence-corrected chi connectivity index (χ1v) is 10.8. The summed E-state index contributed by atoms with van der Waals surface area (Å²) in [7, 11) is -1.99. The number of sulfonamides is 1. The number of rotatable bonds is 8. The summed E-state index contributed by atoms with van der Waals surface area (Å²) in [6, 6.07) is 14.7. The Bertz CT molecular complexity index is 1150. The number of esters is 1. The average Bonchev–Trinajstić information content (AvgIpc) is 3.44. The van der Waals surface area contributed by atoms with Crippen LogP contribution in [0.4, 0.5) is 0 Å². The highest BCUT2D eigenvalue weighted by Gasteiger charge is 2.28. The van der Waals surface area contributed by atoms with E-state index in [0.29, 0.717) is 17.2 Å². The van der Waals surface area contributed by atoms with Crippen LogP contribution in [0.25, 0.3) is 11.3 Å². The predicted octanol–water partition coefficient (Wildman–Crippen LogP) is 3.15. The van der Waals surface area contributed by atoms with Gasteiger partial charge in [-0.25, -0.2) is 17.9 Å². The molecule has 0 bridgehead atoms. The Morgan fingerprint density at radius 2 is 1.90 bits per heavy atom. The van der Waals surface area contributed by atoms with Crippen molar-refractivity contribution < 1.29 is 27.2 Å². The van der Waals surface area contributed by atoms with Crippen LogP contribution in [-0.4, -0.2) is 32.7 Å². The van der Waals surface area contributed by atoms with E-state index in [4.69, 9.17) is 14.0 Å². The second-order valence-electron chi connectivity index (χ2n) is 6.87. The van der Waals surface area contributed by atoms with Crippen LogP contribution < -0.4 is 9.46 Å². The van der Waals surface area contributed by atoms with Gasteiger partial charge in [-0.15, -0.1) is 0 Å². The second-order valence-corrected chi connectivity index (χ2v) is 8.59. The van der Waals surface area contributed by atoms with Gasteiger partial charge in [-0.2, -0.15) is 0 Å². The van der Waals surface area contributed by atoms with E-state index in [9.17, 15) is 13.2 Å². The molecule has 0 radical (unpaired) electrons. The maximum atomic E-state index is 12.3. The molecule has 0 spiro atoms. The molecule has 4 rings (SSSR count). The first-order chi connectivity index (χ1) is 14.5. The molecule has 9 heteroatoms. The Labute approximate surface area is 173 Å². The van der Waals surface area contributed by atoms with E-state index in [1.54, 1.807) is 13.2 Å². The number of ether oxygens (including phenoxy) is 2. The smallest absolute Gasteiger partial charge is 0.338 e. The number of carbonyl (C=O) groups is 1. The maximum absolute atomic E-state index is 12.3. The highest BCUT2D eigenvalue weighted by Crippen LogP contribution is 2.29. The molecule has 1 aliphatic carbocycles. The largest absolute Gasteiger partial charge is 0.496 e. The Morgan fingerprint density at radius 3 is 2.60 bits per heavy atom. The molecule has 2 aromatic carbocycles. The quantitative estimate of drug-likeness (QED) is 0.549. The third-order valence-corrected chi connectivity index (χ3v) is 6.12. The van der Waals surface area contributed by atoms with Crippen molar-refractivity contribution in [3.05, 3.63) is 65.9 Å². The molecule has 1 aliphatic rings. The second kappa shape index (κ2) is 8.29. The predicted molar refractivity (Wildman–Crippen MR) is 107 cm³/mol. The van der Waals surface area contributed by atoms with Crippen LogP contribution in [-0.2, 0) is 21.4 Å². The zero-order chi connectivity index (χ0) is 21.1. The zero-order valence-electron chi connectivity index (χ0n) is 16.2. The van der Waals surface area contributed by atoms with Crippen molar-refractivity contribution in [2.75, 3.05) is 7.11 Å². The summed E-state index contributed by atoms with van der Waals surface area (Å²) in [5, 5.41) is 3.99. The minimum Gasteiger partial charge on any atom is -0.496 e. The third kappa shape index (κ3) is 4.52. The van der Waals surface area contributed by atoms with Crippen molar-refractivity contribution in [1.82, 2.24) is 9.88 Å². The number of para-hydroxylation sites is 1. The van der Waals surface area contributed by atoms with Crippen molar-refractivity contribution in [1.29, 1.82) is 0 Å². The summed E-state index contributed by atoms with van der Waals surface area (Å²) in [6.07, 6.45) is 1.70. The lowest BCUT2D eigenvalue weighted by atomic mass is 10.1. The molecule has 1 saturated carbocycles. The summed E-state index contributed by atoms with van der Waals surface area (Å²) >= 11 is 0. The number of benzene rings is 2. The Balaban J connectivity index is 1.38. The van der Waals surface area contributed by atoms with Crippen molar-refractivity contribution in [3.8, 4) is 17.0 Å². The number of carbonyl (C=O) groups excluding carboxylic acids is 1. The highest BCUT2D eigenvalue weighted by molar-refractivity contribution is 7.89. The van der Waals surface area contributed by atoms with Gasteiger partial charge in [0.1, 0.15) is 11.4 Å². The number of nitrogens with zero attached hydrogens (tertiary/aromatic N) is 1. The molecule has 1 aromatic heterocycles. The molecule has 1 heterocycles. The molecule has 1 N–H and O–H groups in total. The summed E-state index contributed by atoms with van der Waals surface area (Å²) < 4.78 is 42.8. The van der Waals surface area contributed by atoms with E-state index >= 15 is 0 Å².